The Morgan fingerprint density at radius 1 is 1.12 bits per heavy atom. The highest BCUT2D eigenvalue weighted by Crippen LogP contribution is 2.18. The summed E-state index contributed by atoms with van der Waals surface area (Å²) in [5, 5.41) is 11.7. The second-order valence-electron chi connectivity index (χ2n) is 6.13. The number of aryl methyl sites for hydroxylation is 2. The first-order chi connectivity index (χ1) is 12.5. The van der Waals surface area contributed by atoms with Crippen LogP contribution in [0.4, 0.5) is 0 Å². The average molecular weight is 352 g/mol. The molecule has 0 saturated heterocycles. The van der Waals surface area contributed by atoms with Gasteiger partial charge in [0.2, 0.25) is 5.91 Å². The first-order valence-corrected chi connectivity index (χ1v) is 8.47. The van der Waals surface area contributed by atoms with E-state index in [0.717, 1.165) is 22.2 Å². The molecule has 0 fully saturated rings. The molecule has 3 rings (SSSR count). The van der Waals surface area contributed by atoms with Gasteiger partial charge in [0.25, 0.3) is 0 Å². The highest BCUT2D eigenvalue weighted by molar-refractivity contribution is 5.87. The van der Waals surface area contributed by atoms with Crippen molar-refractivity contribution in [3.8, 4) is 0 Å². The number of para-hydroxylation sites is 1. The van der Waals surface area contributed by atoms with Gasteiger partial charge in [-0.25, -0.2) is 9.78 Å². The van der Waals surface area contributed by atoms with Crippen molar-refractivity contribution >= 4 is 23.0 Å². The number of hydrogen-bond acceptors (Lipinski definition) is 4. The fourth-order valence-electron chi connectivity index (χ4n) is 2.71. The van der Waals surface area contributed by atoms with Crippen LogP contribution in [0, 0.1) is 6.92 Å². The lowest BCUT2D eigenvalue weighted by Crippen LogP contribution is -2.25. The maximum absolute atomic E-state index is 12.0. The van der Waals surface area contributed by atoms with E-state index in [1.165, 1.54) is 0 Å². The van der Waals surface area contributed by atoms with Crippen LogP contribution >= 0.6 is 0 Å². The summed E-state index contributed by atoms with van der Waals surface area (Å²) in [6.07, 6.45) is 1.44. The first-order valence-electron chi connectivity index (χ1n) is 8.47. The van der Waals surface area contributed by atoms with E-state index in [-0.39, 0.29) is 11.5 Å². The number of nitrogens with one attached hydrogen (secondary N) is 1. The smallest absolute Gasteiger partial charge is 0.335 e. The summed E-state index contributed by atoms with van der Waals surface area (Å²) in [5.74, 6) is -0.401. The van der Waals surface area contributed by atoms with Gasteiger partial charge in [0.1, 0.15) is 5.52 Å². The fourth-order valence-corrected chi connectivity index (χ4v) is 2.71. The summed E-state index contributed by atoms with van der Waals surface area (Å²) >= 11 is 0. The fraction of sp³-hybridized carbons (Fsp3) is 0.250. The van der Waals surface area contributed by atoms with E-state index in [4.69, 9.17) is 9.52 Å². The van der Waals surface area contributed by atoms with Crippen LogP contribution in [-0.2, 0) is 17.6 Å². The number of fused-ring (bicyclic) bond motifs is 1. The van der Waals surface area contributed by atoms with Crippen molar-refractivity contribution in [2.24, 2.45) is 0 Å². The quantitative estimate of drug-likeness (QED) is 0.681. The number of nitrogens with zero attached hydrogens (tertiary/aromatic N) is 1. The van der Waals surface area contributed by atoms with E-state index in [1.807, 2.05) is 25.1 Å². The number of carboxylic acids is 1. The van der Waals surface area contributed by atoms with Crippen LogP contribution in [0.2, 0.25) is 0 Å². The van der Waals surface area contributed by atoms with Crippen LogP contribution in [0.15, 0.2) is 46.9 Å². The molecule has 6 heteroatoms. The summed E-state index contributed by atoms with van der Waals surface area (Å²) in [5.41, 5.74) is 3.86. The Morgan fingerprint density at radius 3 is 2.58 bits per heavy atom. The molecule has 0 aliphatic rings. The first kappa shape index (κ1) is 17.7. The average Bonchev–Trinajstić information content (AvgIpc) is 3.05. The molecule has 0 aliphatic carbocycles. The number of aromatic carboxylic acids is 1. The second kappa shape index (κ2) is 7.82. The molecule has 0 unspecified atom stereocenters. The van der Waals surface area contributed by atoms with E-state index in [0.29, 0.717) is 31.7 Å². The molecule has 0 aliphatic heterocycles. The minimum Gasteiger partial charge on any atom is -0.478 e. The van der Waals surface area contributed by atoms with Gasteiger partial charge >= 0.3 is 5.97 Å². The molecule has 2 aromatic carbocycles. The molecule has 2 N–H and O–H groups in total. The van der Waals surface area contributed by atoms with Crippen LogP contribution in [0.5, 0.6) is 0 Å². The van der Waals surface area contributed by atoms with Gasteiger partial charge in [-0.2, -0.15) is 0 Å². The molecule has 26 heavy (non-hydrogen) atoms. The zero-order chi connectivity index (χ0) is 18.5. The van der Waals surface area contributed by atoms with Gasteiger partial charge in [0, 0.05) is 19.4 Å². The van der Waals surface area contributed by atoms with Crippen molar-refractivity contribution in [1.82, 2.24) is 10.3 Å². The lowest BCUT2D eigenvalue weighted by Gasteiger charge is -2.04. The van der Waals surface area contributed by atoms with E-state index in [2.05, 4.69) is 10.3 Å². The monoisotopic (exact) mass is 352 g/mol. The van der Waals surface area contributed by atoms with Crippen molar-refractivity contribution in [3.63, 3.8) is 0 Å². The molecule has 1 aromatic heterocycles. The SMILES string of the molecule is Cc1cccc2oc(CCNC(=O)CCc3ccc(C(=O)O)cc3)nc12. The minimum absolute atomic E-state index is 0.0559. The van der Waals surface area contributed by atoms with Crippen LogP contribution in [0.1, 0.15) is 33.8 Å². The zero-order valence-corrected chi connectivity index (χ0v) is 14.5. The van der Waals surface area contributed by atoms with Gasteiger partial charge in [-0.1, -0.05) is 24.3 Å². The minimum atomic E-state index is -0.955. The molecule has 0 radical (unpaired) electrons. The number of aromatic nitrogens is 1. The molecule has 0 spiro atoms. The molecule has 0 saturated carbocycles. The van der Waals surface area contributed by atoms with Crippen LogP contribution in [0.25, 0.3) is 11.1 Å². The van der Waals surface area contributed by atoms with E-state index >= 15 is 0 Å². The number of carbonyl (C=O) groups excluding carboxylic acids is 1. The number of oxazole rings is 1. The summed E-state index contributed by atoms with van der Waals surface area (Å²) in [7, 11) is 0. The molecule has 1 amide bonds. The van der Waals surface area contributed by atoms with Gasteiger partial charge in [-0.15, -0.1) is 0 Å². The Hall–Kier alpha value is -3.15. The maximum Gasteiger partial charge on any atom is 0.335 e. The molecule has 3 aromatic rings. The predicted molar refractivity (Wildman–Crippen MR) is 97.2 cm³/mol. The van der Waals surface area contributed by atoms with Crippen molar-refractivity contribution < 1.29 is 19.1 Å². The lowest BCUT2D eigenvalue weighted by molar-refractivity contribution is -0.121. The van der Waals surface area contributed by atoms with Gasteiger partial charge in [-0.3, -0.25) is 4.79 Å². The van der Waals surface area contributed by atoms with Crippen molar-refractivity contribution in [2.45, 2.75) is 26.2 Å². The Labute approximate surface area is 150 Å². The molecule has 1 heterocycles. The summed E-state index contributed by atoms with van der Waals surface area (Å²) in [4.78, 5) is 27.2. The van der Waals surface area contributed by atoms with Crippen molar-refractivity contribution in [2.75, 3.05) is 6.54 Å². The Morgan fingerprint density at radius 2 is 1.88 bits per heavy atom. The Bertz CT molecular complexity index is 929. The largest absolute Gasteiger partial charge is 0.478 e. The normalized spacial score (nSPS) is 10.8. The zero-order valence-electron chi connectivity index (χ0n) is 14.5. The molecule has 0 bridgehead atoms. The molecule has 134 valence electrons. The Kier molecular flexibility index (Phi) is 5.31. The van der Waals surface area contributed by atoms with Gasteiger partial charge in [-0.05, 0) is 42.7 Å². The van der Waals surface area contributed by atoms with E-state index in [9.17, 15) is 9.59 Å². The molecule has 0 atom stereocenters. The van der Waals surface area contributed by atoms with Crippen molar-refractivity contribution in [1.29, 1.82) is 0 Å². The summed E-state index contributed by atoms with van der Waals surface area (Å²) in [6.45, 7) is 2.45. The molecular formula is C20H20N2O4. The third-order valence-electron chi connectivity index (χ3n) is 4.17. The van der Waals surface area contributed by atoms with Gasteiger partial charge in [0.05, 0.1) is 5.56 Å². The number of carbonyl (C=O) groups is 2. The van der Waals surface area contributed by atoms with Gasteiger partial charge < -0.3 is 14.8 Å². The maximum atomic E-state index is 12.0. The van der Waals surface area contributed by atoms with E-state index < -0.39 is 5.97 Å². The number of benzene rings is 2. The number of carboxylic acid groups (broad SMARTS) is 1. The second-order valence-corrected chi connectivity index (χ2v) is 6.13. The third kappa shape index (κ3) is 4.27. The van der Waals surface area contributed by atoms with Crippen LogP contribution in [0.3, 0.4) is 0 Å². The topological polar surface area (TPSA) is 92.4 Å². The highest BCUT2D eigenvalue weighted by atomic mass is 16.4. The Balaban J connectivity index is 1.45. The summed E-state index contributed by atoms with van der Waals surface area (Å²) in [6, 6.07) is 12.4. The molecular weight excluding hydrogens is 332 g/mol. The number of hydrogen-bond donors (Lipinski definition) is 2. The predicted octanol–water partition coefficient (Wildman–Crippen LogP) is 3.13. The van der Waals surface area contributed by atoms with Crippen LogP contribution in [-0.4, -0.2) is 28.5 Å². The lowest BCUT2D eigenvalue weighted by atomic mass is 10.1. The molecule has 6 nitrogen and oxygen atoms in total. The van der Waals surface area contributed by atoms with E-state index in [1.54, 1.807) is 24.3 Å². The third-order valence-corrected chi connectivity index (χ3v) is 4.17. The summed E-state index contributed by atoms with van der Waals surface area (Å²) < 4.78 is 5.68. The number of amides is 1. The standard InChI is InChI=1S/C20H20N2O4/c1-13-3-2-4-16-19(13)22-18(26-16)11-12-21-17(23)10-7-14-5-8-15(9-6-14)20(24)25/h2-6,8-9H,7,10-12H2,1H3,(H,21,23)(H,24,25). The highest BCUT2D eigenvalue weighted by Gasteiger charge is 2.09. The number of rotatable bonds is 7. The van der Waals surface area contributed by atoms with Crippen molar-refractivity contribution in [3.05, 3.63) is 65.0 Å². The van der Waals surface area contributed by atoms with Gasteiger partial charge in [0.15, 0.2) is 11.5 Å². The van der Waals surface area contributed by atoms with Crippen LogP contribution < -0.4 is 5.32 Å².